The number of amidine groups is 1. The maximum absolute atomic E-state index is 10.9. The third kappa shape index (κ3) is 5.50. The molecule has 0 amide bonds. The quantitative estimate of drug-likeness (QED) is 0.341. The van der Waals surface area contributed by atoms with Gasteiger partial charge in [-0.2, -0.15) is 0 Å². The normalized spacial score (nSPS) is 16.3. The zero-order chi connectivity index (χ0) is 12.6. The van der Waals surface area contributed by atoms with E-state index < -0.39 is 11.5 Å². The molecule has 16 heavy (non-hydrogen) atoms. The lowest BCUT2D eigenvalue weighted by Crippen LogP contribution is -2.47. The number of hydrogen-bond donors (Lipinski definition) is 3. The van der Waals surface area contributed by atoms with E-state index in [2.05, 4.69) is 4.99 Å². The molecule has 0 aliphatic heterocycles. The summed E-state index contributed by atoms with van der Waals surface area (Å²) in [5.41, 5.74) is 9.96. The minimum Gasteiger partial charge on any atom is -0.480 e. The lowest BCUT2D eigenvalue weighted by molar-refractivity contribution is -0.143. The molecule has 0 aliphatic carbocycles. The van der Waals surface area contributed by atoms with E-state index in [4.69, 9.17) is 16.6 Å². The van der Waals surface area contributed by atoms with Crippen molar-refractivity contribution in [1.29, 1.82) is 0 Å². The van der Waals surface area contributed by atoms with Crippen LogP contribution in [0.2, 0.25) is 0 Å². The van der Waals surface area contributed by atoms with E-state index in [-0.39, 0.29) is 0 Å². The topological polar surface area (TPSA) is 102 Å². The summed E-state index contributed by atoms with van der Waals surface area (Å²) >= 11 is 0. The molecule has 0 rings (SSSR count). The number of hydrogen-bond acceptors (Lipinski definition) is 3. The first-order chi connectivity index (χ1) is 7.42. The highest BCUT2D eigenvalue weighted by Crippen LogP contribution is 2.14. The molecule has 1 unspecified atom stereocenters. The Bertz CT molecular complexity index is 283. The number of carbonyl (C=O) groups is 1. The molecule has 0 aromatic rings. The van der Waals surface area contributed by atoms with Crippen molar-refractivity contribution in [3.8, 4) is 0 Å². The second-order valence-electron chi connectivity index (χ2n) is 3.81. The van der Waals surface area contributed by atoms with E-state index in [9.17, 15) is 4.79 Å². The van der Waals surface area contributed by atoms with Crippen LogP contribution in [0.5, 0.6) is 0 Å². The van der Waals surface area contributed by atoms with Crippen molar-refractivity contribution < 1.29 is 9.90 Å². The fourth-order valence-corrected chi connectivity index (χ4v) is 1.16. The molecule has 0 bridgehead atoms. The van der Waals surface area contributed by atoms with Crippen LogP contribution in [0, 0.1) is 0 Å². The van der Waals surface area contributed by atoms with Gasteiger partial charge in [-0.1, -0.05) is 19.1 Å². The summed E-state index contributed by atoms with van der Waals surface area (Å²) in [5, 5.41) is 8.92. The van der Waals surface area contributed by atoms with Crippen LogP contribution in [-0.2, 0) is 4.79 Å². The number of carboxylic acid groups (broad SMARTS) is 1. The monoisotopic (exact) mass is 227 g/mol. The van der Waals surface area contributed by atoms with Gasteiger partial charge in [0.1, 0.15) is 5.54 Å². The average molecular weight is 227 g/mol. The molecule has 5 heteroatoms. The minimum absolute atomic E-state index is 0.427. The smallest absolute Gasteiger partial charge is 0.323 e. The number of nitrogens with zero attached hydrogens (tertiary/aromatic N) is 1. The number of aliphatic carboxylic acids is 1. The Morgan fingerprint density at radius 3 is 2.56 bits per heavy atom. The van der Waals surface area contributed by atoms with Gasteiger partial charge in [-0.15, -0.1) is 0 Å². The molecule has 0 spiro atoms. The summed E-state index contributed by atoms with van der Waals surface area (Å²) in [6.07, 6.45) is 5.23. The fraction of sp³-hybridized carbons (Fsp3) is 0.636. The minimum atomic E-state index is -1.11. The summed E-state index contributed by atoms with van der Waals surface area (Å²) in [7, 11) is 0. The largest absolute Gasteiger partial charge is 0.480 e. The van der Waals surface area contributed by atoms with Crippen molar-refractivity contribution in [1.82, 2.24) is 0 Å². The molecule has 0 aromatic heterocycles. The number of aliphatic imine (C=N–C) groups is 1. The summed E-state index contributed by atoms with van der Waals surface area (Å²) in [6.45, 7) is 4.03. The van der Waals surface area contributed by atoms with Crippen molar-refractivity contribution in [3.63, 3.8) is 0 Å². The van der Waals surface area contributed by atoms with Crippen LogP contribution in [0.25, 0.3) is 0 Å². The van der Waals surface area contributed by atoms with Crippen molar-refractivity contribution >= 4 is 11.8 Å². The number of allylic oxidation sites excluding steroid dienone is 1. The van der Waals surface area contributed by atoms with Gasteiger partial charge in [0.15, 0.2) is 0 Å². The van der Waals surface area contributed by atoms with Gasteiger partial charge in [-0.3, -0.25) is 9.79 Å². The van der Waals surface area contributed by atoms with Crippen LogP contribution in [0.4, 0.5) is 0 Å². The van der Waals surface area contributed by atoms with E-state index in [1.54, 1.807) is 13.8 Å². The van der Waals surface area contributed by atoms with Gasteiger partial charge < -0.3 is 16.6 Å². The van der Waals surface area contributed by atoms with Crippen LogP contribution >= 0.6 is 0 Å². The third-order valence-corrected chi connectivity index (χ3v) is 2.43. The number of rotatable bonds is 7. The highest BCUT2D eigenvalue weighted by atomic mass is 16.4. The predicted molar refractivity (Wildman–Crippen MR) is 65.4 cm³/mol. The lowest BCUT2D eigenvalue weighted by Gasteiger charge is -2.21. The molecule has 1 atom stereocenters. The highest BCUT2D eigenvalue weighted by molar-refractivity contribution is 5.78. The van der Waals surface area contributed by atoms with Crippen molar-refractivity contribution in [2.75, 3.05) is 6.54 Å². The van der Waals surface area contributed by atoms with Crippen LogP contribution in [0.15, 0.2) is 17.1 Å². The first-order valence-corrected chi connectivity index (χ1v) is 5.36. The molecule has 0 radical (unpaired) electrons. The van der Waals surface area contributed by atoms with E-state index in [1.165, 1.54) is 0 Å². The fourth-order valence-electron chi connectivity index (χ4n) is 1.16. The molecule has 0 aromatic carbocycles. The van der Waals surface area contributed by atoms with Crippen molar-refractivity contribution in [3.05, 3.63) is 12.2 Å². The van der Waals surface area contributed by atoms with Gasteiger partial charge in [0.25, 0.3) is 0 Å². The first kappa shape index (κ1) is 14.6. The maximum atomic E-state index is 10.9. The zero-order valence-corrected chi connectivity index (χ0v) is 9.94. The van der Waals surface area contributed by atoms with Crippen LogP contribution in [-0.4, -0.2) is 29.0 Å². The Morgan fingerprint density at radius 2 is 2.12 bits per heavy atom. The molecule has 0 heterocycles. The van der Waals surface area contributed by atoms with Crippen molar-refractivity contribution in [2.24, 2.45) is 16.5 Å². The third-order valence-electron chi connectivity index (χ3n) is 2.43. The molecular formula is C11H21N3O2. The average Bonchev–Trinajstić information content (AvgIpc) is 2.22. The van der Waals surface area contributed by atoms with E-state index in [1.807, 2.05) is 12.2 Å². The second kappa shape index (κ2) is 7.00. The summed E-state index contributed by atoms with van der Waals surface area (Å²) < 4.78 is 0. The van der Waals surface area contributed by atoms with Gasteiger partial charge in [0.2, 0.25) is 0 Å². The van der Waals surface area contributed by atoms with E-state index >= 15 is 0 Å². The molecule has 0 saturated carbocycles. The Balaban J connectivity index is 3.97. The summed E-state index contributed by atoms with van der Waals surface area (Å²) in [5.74, 6) is -0.406. The Hall–Kier alpha value is -1.36. The molecular weight excluding hydrogens is 206 g/mol. The van der Waals surface area contributed by atoms with Gasteiger partial charge >= 0.3 is 5.97 Å². The van der Waals surface area contributed by atoms with E-state index in [0.29, 0.717) is 31.6 Å². The van der Waals surface area contributed by atoms with Crippen LogP contribution < -0.4 is 11.5 Å². The van der Waals surface area contributed by atoms with Crippen molar-refractivity contribution in [2.45, 2.75) is 38.6 Å². The van der Waals surface area contributed by atoms with Crippen LogP contribution in [0.1, 0.15) is 33.1 Å². The summed E-state index contributed by atoms with van der Waals surface area (Å²) in [4.78, 5) is 14.8. The Morgan fingerprint density at radius 1 is 1.50 bits per heavy atom. The first-order valence-electron chi connectivity index (χ1n) is 5.36. The Labute approximate surface area is 96.2 Å². The predicted octanol–water partition coefficient (Wildman–Crippen LogP) is 0.892. The van der Waals surface area contributed by atoms with Gasteiger partial charge in [0.05, 0.1) is 12.4 Å². The number of carboxylic acids is 1. The maximum Gasteiger partial charge on any atom is 0.323 e. The molecule has 0 saturated heterocycles. The zero-order valence-electron chi connectivity index (χ0n) is 9.94. The second-order valence-corrected chi connectivity index (χ2v) is 3.81. The Kier molecular flexibility index (Phi) is 6.41. The number of nitrogens with two attached hydrogens (primary N) is 2. The van der Waals surface area contributed by atoms with Gasteiger partial charge in [-0.05, 0) is 26.2 Å². The molecule has 5 nitrogen and oxygen atoms in total. The lowest BCUT2D eigenvalue weighted by atomic mass is 9.92. The molecule has 92 valence electrons. The SMILES string of the molecule is CCC(N)(CCC=CCN=C(C)N)C(=O)O. The highest BCUT2D eigenvalue weighted by Gasteiger charge is 2.30. The molecule has 0 aliphatic rings. The van der Waals surface area contributed by atoms with Gasteiger partial charge in [-0.25, -0.2) is 0 Å². The summed E-state index contributed by atoms with van der Waals surface area (Å²) in [6, 6.07) is 0. The van der Waals surface area contributed by atoms with Gasteiger partial charge in [0, 0.05) is 0 Å². The van der Waals surface area contributed by atoms with E-state index in [0.717, 1.165) is 0 Å². The molecule has 5 N–H and O–H groups in total. The molecule has 0 fully saturated rings. The standard InChI is InChI=1S/C11H21N3O2/c1-3-11(13,10(15)16)7-5-4-6-8-14-9(2)12/h4,6H,3,5,7-8,13H2,1-2H3,(H2,12,14)(H,15,16). The van der Waals surface area contributed by atoms with Crippen LogP contribution in [0.3, 0.4) is 0 Å².